The molecule has 1 aliphatic heterocycles. The van der Waals surface area contributed by atoms with E-state index in [2.05, 4.69) is 6.92 Å². The molecule has 18 heavy (non-hydrogen) atoms. The molecule has 0 aromatic carbocycles. The number of hydrogen-bond acceptors (Lipinski definition) is 4. The Labute approximate surface area is 110 Å². The van der Waals surface area contributed by atoms with E-state index in [0.29, 0.717) is 19.6 Å². The topological polar surface area (TPSA) is 44.8 Å². The molecule has 0 aliphatic carbocycles. The van der Waals surface area contributed by atoms with E-state index >= 15 is 0 Å². The highest BCUT2D eigenvalue weighted by Gasteiger charge is 2.33. The molecule has 0 radical (unpaired) electrons. The molecule has 0 bridgehead atoms. The highest BCUT2D eigenvalue weighted by atomic mass is 16.7. The standard InChI is InChI=1S/C14H26O4/c1-4-5-6-7-8-9-13(15)16-10-12-11-17-14(2,3)18-12/h12H,4-11H2,1-3H3/t12-/m1/s1. The Hall–Kier alpha value is -0.610. The van der Waals surface area contributed by atoms with Crippen LogP contribution in [0.3, 0.4) is 0 Å². The molecule has 0 aromatic heterocycles. The summed E-state index contributed by atoms with van der Waals surface area (Å²) < 4.78 is 16.1. The molecular formula is C14H26O4. The van der Waals surface area contributed by atoms with Crippen LogP contribution in [0.1, 0.15) is 59.3 Å². The zero-order valence-electron chi connectivity index (χ0n) is 11.9. The van der Waals surface area contributed by atoms with Crippen molar-refractivity contribution in [2.45, 2.75) is 71.2 Å². The van der Waals surface area contributed by atoms with Gasteiger partial charge in [-0.1, -0.05) is 32.6 Å². The van der Waals surface area contributed by atoms with Crippen LogP contribution in [0.15, 0.2) is 0 Å². The number of hydrogen-bond donors (Lipinski definition) is 0. The molecule has 1 rings (SSSR count). The van der Waals surface area contributed by atoms with Gasteiger partial charge in [-0.2, -0.15) is 0 Å². The van der Waals surface area contributed by atoms with Crippen LogP contribution in [0.5, 0.6) is 0 Å². The summed E-state index contributed by atoms with van der Waals surface area (Å²) in [7, 11) is 0. The van der Waals surface area contributed by atoms with Crippen LogP contribution in [0.2, 0.25) is 0 Å². The Morgan fingerprint density at radius 3 is 2.61 bits per heavy atom. The molecule has 0 spiro atoms. The SMILES string of the molecule is CCCCCCCC(=O)OC[C@@H]1COC(C)(C)O1. The second-order valence-electron chi connectivity index (χ2n) is 5.30. The van der Waals surface area contributed by atoms with Gasteiger partial charge in [0.15, 0.2) is 5.79 Å². The molecule has 1 fully saturated rings. The van der Waals surface area contributed by atoms with E-state index in [0.717, 1.165) is 12.8 Å². The van der Waals surface area contributed by atoms with Crippen molar-refractivity contribution in [2.24, 2.45) is 0 Å². The Balaban J connectivity index is 2.00. The number of carbonyl (C=O) groups is 1. The van der Waals surface area contributed by atoms with E-state index in [1.165, 1.54) is 19.3 Å². The largest absolute Gasteiger partial charge is 0.463 e. The van der Waals surface area contributed by atoms with Crippen LogP contribution in [-0.4, -0.2) is 31.1 Å². The fourth-order valence-corrected chi connectivity index (χ4v) is 1.98. The maximum Gasteiger partial charge on any atom is 0.305 e. The van der Waals surface area contributed by atoms with Crippen LogP contribution >= 0.6 is 0 Å². The zero-order valence-corrected chi connectivity index (χ0v) is 11.9. The third kappa shape index (κ3) is 6.36. The lowest BCUT2D eigenvalue weighted by atomic mass is 10.1. The number of unbranched alkanes of at least 4 members (excludes halogenated alkanes) is 4. The summed E-state index contributed by atoms with van der Waals surface area (Å²) in [6, 6.07) is 0. The van der Waals surface area contributed by atoms with Crippen molar-refractivity contribution >= 4 is 5.97 Å². The molecule has 106 valence electrons. The van der Waals surface area contributed by atoms with Crippen molar-refractivity contribution in [3.63, 3.8) is 0 Å². The monoisotopic (exact) mass is 258 g/mol. The van der Waals surface area contributed by atoms with Crippen LogP contribution in [0, 0.1) is 0 Å². The van der Waals surface area contributed by atoms with Gasteiger partial charge in [0.2, 0.25) is 0 Å². The lowest BCUT2D eigenvalue weighted by Crippen LogP contribution is -2.25. The van der Waals surface area contributed by atoms with Gasteiger partial charge in [-0.05, 0) is 20.3 Å². The first kappa shape index (κ1) is 15.4. The number of ether oxygens (including phenoxy) is 3. The fourth-order valence-electron chi connectivity index (χ4n) is 1.98. The van der Waals surface area contributed by atoms with Crippen LogP contribution < -0.4 is 0 Å². The molecule has 1 atom stereocenters. The van der Waals surface area contributed by atoms with Crippen LogP contribution in [0.4, 0.5) is 0 Å². The molecule has 0 unspecified atom stereocenters. The van der Waals surface area contributed by atoms with Crippen molar-refractivity contribution in [1.82, 2.24) is 0 Å². The first-order valence-corrected chi connectivity index (χ1v) is 7.01. The Bertz CT molecular complexity index is 250. The van der Waals surface area contributed by atoms with Gasteiger partial charge >= 0.3 is 5.97 Å². The van der Waals surface area contributed by atoms with Gasteiger partial charge in [0, 0.05) is 6.42 Å². The summed E-state index contributed by atoms with van der Waals surface area (Å²) >= 11 is 0. The molecule has 0 N–H and O–H groups in total. The predicted octanol–water partition coefficient (Wildman–Crippen LogP) is 3.04. The van der Waals surface area contributed by atoms with Gasteiger partial charge < -0.3 is 14.2 Å². The minimum absolute atomic E-state index is 0.121. The Morgan fingerprint density at radius 2 is 2.00 bits per heavy atom. The van der Waals surface area contributed by atoms with Gasteiger partial charge in [-0.25, -0.2) is 0 Å². The van der Waals surface area contributed by atoms with Gasteiger partial charge in [0.05, 0.1) is 6.61 Å². The first-order chi connectivity index (χ1) is 8.53. The Morgan fingerprint density at radius 1 is 1.28 bits per heavy atom. The van der Waals surface area contributed by atoms with Crippen molar-refractivity contribution in [3.05, 3.63) is 0 Å². The molecule has 1 aliphatic rings. The van der Waals surface area contributed by atoms with E-state index in [1.54, 1.807) is 0 Å². The highest BCUT2D eigenvalue weighted by Crippen LogP contribution is 2.22. The molecule has 0 aromatic rings. The van der Waals surface area contributed by atoms with Crippen molar-refractivity contribution in [3.8, 4) is 0 Å². The third-order valence-corrected chi connectivity index (χ3v) is 2.98. The molecule has 4 heteroatoms. The van der Waals surface area contributed by atoms with E-state index in [4.69, 9.17) is 14.2 Å². The van der Waals surface area contributed by atoms with Crippen LogP contribution in [0.25, 0.3) is 0 Å². The predicted molar refractivity (Wildman–Crippen MR) is 69.2 cm³/mol. The average Bonchev–Trinajstić information content (AvgIpc) is 2.66. The normalized spacial score (nSPS) is 22.1. The minimum atomic E-state index is -0.544. The number of esters is 1. The third-order valence-electron chi connectivity index (χ3n) is 2.98. The zero-order chi connectivity index (χ0) is 13.4. The summed E-state index contributed by atoms with van der Waals surface area (Å²) in [6.45, 7) is 6.71. The van der Waals surface area contributed by atoms with E-state index in [-0.39, 0.29) is 12.1 Å². The van der Waals surface area contributed by atoms with Gasteiger partial charge in [-0.3, -0.25) is 4.79 Å². The molecule has 0 saturated carbocycles. The summed E-state index contributed by atoms with van der Waals surface area (Å²) in [5.41, 5.74) is 0. The van der Waals surface area contributed by atoms with Crippen molar-refractivity contribution in [2.75, 3.05) is 13.2 Å². The van der Waals surface area contributed by atoms with Gasteiger partial charge in [-0.15, -0.1) is 0 Å². The Kier molecular flexibility index (Phi) is 6.65. The summed E-state index contributed by atoms with van der Waals surface area (Å²) in [5, 5.41) is 0. The molecular weight excluding hydrogens is 232 g/mol. The second kappa shape index (κ2) is 7.74. The second-order valence-corrected chi connectivity index (χ2v) is 5.30. The number of rotatable bonds is 8. The molecule has 1 heterocycles. The van der Waals surface area contributed by atoms with E-state index in [1.807, 2.05) is 13.8 Å². The van der Waals surface area contributed by atoms with Gasteiger partial charge in [0.25, 0.3) is 0 Å². The summed E-state index contributed by atoms with van der Waals surface area (Å²) in [4.78, 5) is 11.5. The lowest BCUT2D eigenvalue weighted by Gasteiger charge is -2.16. The summed E-state index contributed by atoms with van der Waals surface area (Å²) in [5.74, 6) is -0.670. The average molecular weight is 258 g/mol. The smallest absolute Gasteiger partial charge is 0.305 e. The van der Waals surface area contributed by atoms with E-state index < -0.39 is 5.79 Å². The molecule has 1 saturated heterocycles. The molecule has 0 amide bonds. The minimum Gasteiger partial charge on any atom is -0.463 e. The maximum absolute atomic E-state index is 11.5. The number of carbonyl (C=O) groups excluding carboxylic acids is 1. The molecule has 4 nitrogen and oxygen atoms in total. The quantitative estimate of drug-likeness (QED) is 0.496. The summed E-state index contributed by atoms with van der Waals surface area (Å²) in [6.07, 6.45) is 6.10. The van der Waals surface area contributed by atoms with Gasteiger partial charge in [0.1, 0.15) is 12.7 Å². The lowest BCUT2D eigenvalue weighted by molar-refractivity contribution is -0.158. The van der Waals surface area contributed by atoms with Crippen molar-refractivity contribution < 1.29 is 19.0 Å². The first-order valence-electron chi connectivity index (χ1n) is 7.01. The van der Waals surface area contributed by atoms with Crippen LogP contribution in [-0.2, 0) is 19.0 Å². The highest BCUT2D eigenvalue weighted by molar-refractivity contribution is 5.69. The van der Waals surface area contributed by atoms with E-state index in [9.17, 15) is 4.79 Å². The fraction of sp³-hybridized carbons (Fsp3) is 0.929. The maximum atomic E-state index is 11.5. The van der Waals surface area contributed by atoms with Crippen molar-refractivity contribution in [1.29, 1.82) is 0 Å².